The molecule has 0 bridgehead atoms. The smallest absolute Gasteiger partial charge is 0.0478 e. The molecule has 0 unspecified atom stereocenters. The zero-order valence-electron chi connectivity index (χ0n) is 8.50. The zero-order valence-corrected chi connectivity index (χ0v) is 8.50. The lowest BCUT2D eigenvalue weighted by molar-refractivity contribution is 0.0741. The van der Waals surface area contributed by atoms with Gasteiger partial charge in [0.2, 0.25) is 0 Å². The SMILES string of the molecule is C1CCC(N2CCCOCCC2)C1. The Morgan fingerprint density at radius 2 is 1.46 bits per heavy atom. The molecule has 2 heteroatoms. The van der Waals surface area contributed by atoms with Crippen molar-refractivity contribution in [3.05, 3.63) is 0 Å². The summed E-state index contributed by atoms with van der Waals surface area (Å²) in [6.07, 6.45) is 8.27. The molecule has 2 fully saturated rings. The van der Waals surface area contributed by atoms with Gasteiger partial charge in [-0.05, 0) is 25.7 Å². The van der Waals surface area contributed by atoms with Crippen LogP contribution >= 0.6 is 0 Å². The first kappa shape index (κ1) is 9.47. The van der Waals surface area contributed by atoms with Crippen molar-refractivity contribution in [3.8, 4) is 0 Å². The summed E-state index contributed by atoms with van der Waals surface area (Å²) in [4.78, 5) is 2.70. The van der Waals surface area contributed by atoms with Gasteiger partial charge in [0, 0.05) is 32.3 Å². The highest BCUT2D eigenvalue weighted by Crippen LogP contribution is 2.24. The van der Waals surface area contributed by atoms with Gasteiger partial charge in [-0.25, -0.2) is 0 Å². The van der Waals surface area contributed by atoms with E-state index in [2.05, 4.69) is 4.90 Å². The number of nitrogens with zero attached hydrogens (tertiary/aromatic N) is 1. The molecular formula is C11H21NO. The van der Waals surface area contributed by atoms with E-state index in [9.17, 15) is 0 Å². The minimum absolute atomic E-state index is 0.915. The Morgan fingerprint density at radius 1 is 0.846 bits per heavy atom. The van der Waals surface area contributed by atoms with Gasteiger partial charge in [0.1, 0.15) is 0 Å². The van der Waals surface area contributed by atoms with Crippen LogP contribution in [0.3, 0.4) is 0 Å². The summed E-state index contributed by atoms with van der Waals surface area (Å²) < 4.78 is 5.46. The van der Waals surface area contributed by atoms with Crippen molar-refractivity contribution in [2.45, 2.75) is 44.6 Å². The van der Waals surface area contributed by atoms with Crippen molar-refractivity contribution >= 4 is 0 Å². The zero-order chi connectivity index (χ0) is 8.93. The fourth-order valence-corrected chi connectivity index (χ4v) is 2.59. The van der Waals surface area contributed by atoms with Gasteiger partial charge >= 0.3 is 0 Å². The van der Waals surface area contributed by atoms with Crippen LogP contribution in [0.25, 0.3) is 0 Å². The second-order valence-electron chi connectivity index (χ2n) is 4.29. The van der Waals surface area contributed by atoms with Crippen LogP contribution in [0.4, 0.5) is 0 Å². The molecule has 2 nitrogen and oxygen atoms in total. The maximum Gasteiger partial charge on any atom is 0.0478 e. The van der Waals surface area contributed by atoms with E-state index >= 15 is 0 Å². The summed E-state index contributed by atoms with van der Waals surface area (Å²) in [5.74, 6) is 0. The lowest BCUT2D eigenvalue weighted by Crippen LogP contribution is -2.37. The van der Waals surface area contributed by atoms with E-state index in [0.29, 0.717) is 0 Å². The summed E-state index contributed by atoms with van der Waals surface area (Å²) in [5.41, 5.74) is 0. The van der Waals surface area contributed by atoms with Crippen molar-refractivity contribution in [2.75, 3.05) is 26.3 Å². The van der Waals surface area contributed by atoms with E-state index in [1.165, 1.54) is 51.6 Å². The summed E-state index contributed by atoms with van der Waals surface area (Å²) in [6, 6.07) is 0.915. The normalized spacial score (nSPS) is 28.6. The number of hydrogen-bond donors (Lipinski definition) is 0. The van der Waals surface area contributed by atoms with Gasteiger partial charge in [0.05, 0.1) is 0 Å². The highest BCUT2D eigenvalue weighted by molar-refractivity contribution is 4.77. The predicted octanol–water partition coefficient (Wildman–Crippen LogP) is 2.04. The standard InChI is InChI=1S/C11H21NO/c1-2-6-11(5-1)12-7-3-9-13-10-4-8-12/h11H,1-10H2. The maximum absolute atomic E-state index is 5.46. The van der Waals surface area contributed by atoms with E-state index in [0.717, 1.165) is 19.3 Å². The maximum atomic E-state index is 5.46. The molecule has 0 radical (unpaired) electrons. The topological polar surface area (TPSA) is 12.5 Å². The molecule has 2 aliphatic rings. The first-order valence-electron chi connectivity index (χ1n) is 5.78. The van der Waals surface area contributed by atoms with Crippen molar-refractivity contribution in [3.63, 3.8) is 0 Å². The summed E-state index contributed by atoms with van der Waals surface area (Å²) >= 11 is 0. The van der Waals surface area contributed by atoms with Crippen molar-refractivity contribution in [1.82, 2.24) is 4.90 Å². The molecule has 13 heavy (non-hydrogen) atoms. The molecule has 0 N–H and O–H groups in total. The summed E-state index contributed by atoms with van der Waals surface area (Å²) in [5, 5.41) is 0. The molecule has 1 heterocycles. The Balaban J connectivity index is 1.80. The fraction of sp³-hybridized carbons (Fsp3) is 1.00. The quantitative estimate of drug-likeness (QED) is 0.617. The van der Waals surface area contributed by atoms with Gasteiger partial charge < -0.3 is 9.64 Å². The fourth-order valence-electron chi connectivity index (χ4n) is 2.59. The second kappa shape index (κ2) is 4.97. The first-order valence-corrected chi connectivity index (χ1v) is 5.78. The van der Waals surface area contributed by atoms with Crippen LogP contribution < -0.4 is 0 Å². The molecule has 0 atom stereocenters. The van der Waals surface area contributed by atoms with Gasteiger partial charge in [-0.3, -0.25) is 0 Å². The van der Waals surface area contributed by atoms with Gasteiger partial charge in [0.15, 0.2) is 0 Å². The number of hydrogen-bond acceptors (Lipinski definition) is 2. The van der Waals surface area contributed by atoms with Gasteiger partial charge in [-0.2, -0.15) is 0 Å². The molecule has 0 aromatic rings. The lowest BCUT2D eigenvalue weighted by atomic mass is 10.2. The number of rotatable bonds is 1. The van der Waals surface area contributed by atoms with Crippen LogP contribution in [0.15, 0.2) is 0 Å². The summed E-state index contributed by atoms with van der Waals surface area (Å²) in [7, 11) is 0. The average Bonchev–Trinajstić information content (AvgIpc) is 2.55. The highest BCUT2D eigenvalue weighted by Gasteiger charge is 2.22. The van der Waals surface area contributed by atoms with Gasteiger partial charge in [-0.15, -0.1) is 0 Å². The van der Waals surface area contributed by atoms with E-state index < -0.39 is 0 Å². The summed E-state index contributed by atoms with van der Waals surface area (Å²) in [6.45, 7) is 4.49. The molecule has 0 spiro atoms. The number of ether oxygens (including phenoxy) is 1. The van der Waals surface area contributed by atoms with Crippen LogP contribution in [0.5, 0.6) is 0 Å². The Hall–Kier alpha value is -0.0800. The van der Waals surface area contributed by atoms with Crippen LogP contribution in [0.2, 0.25) is 0 Å². The minimum Gasteiger partial charge on any atom is -0.381 e. The molecule has 0 aromatic carbocycles. The highest BCUT2D eigenvalue weighted by atomic mass is 16.5. The van der Waals surface area contributed by atoms with E-state index in [1.807, 2.05) is 0 Å². The van der Waals surface area contributed by atoms with Crippen molar-refractivity contribution in [1.29, 1.82) is 0 Å². The third-order valence-electron chi connectivity index (χ3n) is 3.31. The Morgan fingerprint density at radius 3 is 2.08 bits per heavy atom. The Labute approximate surface area is 81.3 Å². The van der Waals surface area contributed by atoms with E-state index in [-0.39, 0.29) is 0 Å². The monoisotopic (exact) mass is 183 g/mol. The molecule has 0 aromatic heterocycles. The van der Waals surface area contributed by atoms with Crippen molar-refractivity contribution in [2.24, 2.45) is 0 Å². The Bertz CT molecular complexity index is 135. The molecule has 1 saturated heterocycles. The van der Waals surface area contributed by atoms with E-state index in [4.69, 9.17) is 4.74 Å². The van der Waals surface area contributed by atoms with Crippen molar-refractivity contribution < 1.29 is 4.74 Å². The molecule has 1 saturated carbocycles. The van der Waals surface area contributed by atoms with Crippen LogP contribution in [0.1, 0.15) is 38.5 Å². The van der Waals surface area contributed by atoms with Crippen LogP contribution in [-0.2, 0) is 4.74 Å². The average molecular weight is 183 g/mol. The molecule has 1 aliphatic carbocycles. The third kappa shape index (κ3) is 2.68. The molecular weight excluding hydrogens is 162 g/mol. The predicted molar refractivity (Wildman–Crippen MR) is 53.9 cm³/mol. The molecule has 2 rings (SSSR count). The minimum atomic E-state index is 0.915. The van der Waals surface area contributed by atoms with E-state index in [1.54, 1.807) is 0 Å². The third-order valence-corrected chi connectivity index (χ3v) is 3.31. The van der Waals surface area contributed by atoms with Gasteiger partial charge in [-0.1, -0.05) is 12.8 Å². The van der Waals surface area contributed by atoms with Gasteiger partial charge in [0.25, 0.3) is 0 Å². The first-order chi connectivity index (χ1) is 6.47. The molecule has 0 amide bonds. The van der Waals surface area contributed by atoms with Crippen LogP contribution in [0, 0.1) is 0 Å². The van der Waals surface area contributed by atoms with Crippen LogP contribution in [-0.4, -0.2) is 37.2 Å². The molecule has 1 aliphatic heterocycles. The lowest BCUT2D eigenvalue weighted by Gasteiger charge is -2.30. The Kier molecular flexibility index (Phi) is 3.62. The second-order valence-corrected chi connectivity index (χ2v) is 4.29. The largest absolute Gasteiger partial charge is 0.381 e. The molecule has 76 valence electrons.